The Kier molecular flexibility index (Phi) is 9.84. The molecule has 11 heteroatoms. The molecule has 1 heterocycles. The van der Waals surface area contributed by atoms with Crippen molar-refractivity contribution in [3.05, 3.63) is 53.6 Å². The molecular weight excluding hydrogens is 520 g/mol. The van der Waals surface area contributed by atoms with E-state index >= 15 is 0 Å². The van der Waals surface area contributed by atoms with E-state index in [4.69, 9.17) is 9.47 Å². The second-order valence-corrected chi connectivity index (χ2v) is 12.2. The van der Waals surface area contributed by atoms with Crippen LogP contribution < -0.4 is 14.8 Å². The van der Waals surface area contributed by atoms with E-state index in [2.05, 4.69) is 10.0 Å². The molecule has 0 saturated carbocycles. The fraction of sp³-hybridized carbons (Fsp3) is 0.500. The second-order valence-electron chi connectivity index (χ2n) is 10.5. The van der Waals surface area contributed by atoms with Crippen LogP contribution in [0.3, 0.4) is 0 Å². The highest BCUT2D eigenvalue weighted by molar-refractivity contribution is 7.92. The lowest BCUT2D eigenvalue weighted by Crippen LogP contribution is -2.52. The fourth-order valence-electron chi connectivity index (χ4n) is 4.38. The number of nitrogens with one attached hydrogen (secondary N) is 2. The lowest BCUT2D eigenvalue weighted by molar-refractivity contribution is 0.0165. The van der Waals surface area contributed by atoms with E-state index in [1.165, 1.54) is 24.3 Å². The first-order chi connectivity index (χ1) is 18.3. The number of hydrogen-bond acceptors (Lipinski definition) is 6. The van der Waals surface area contributed by atoms with Crippen molar-refractivity contribution in [2.75, 3.05) is 38.6 Å². The van der Waals surface area contributed by atoms with Crippen molar-refractivity contribution in [3.8, 4) is 5.75 Å². The van der Waals surface area contributed by atoms with Crippen molar-refractivity contribution >= 4 is 27.6 Å². The average Bonchev–Trinajstić information content (AvgIpc) is 2.87. The zero-order valence-electron chi connectivity index (χ0n) is 23.7. The van der Waals surface area contributed by atoms with E-state index in [0.717, 1.165) is 5.56 Å². The van der Waals surface area contributed by atoms with Gasteiger partial charge in [0.1, 0.15) is 12.4 Å². The van der Waals surface area contributed by atoms with E-state index in [0.29, 0.717) is 13.1 Å². The Morgan fingerprint density at radius 1 is 1.10 bits per heavy atom. The van der Waals surface area contributed by atoms with Gasteiger partial charge in [0.25, 0.3) is 15.9 Å². The predicted octanol–water partition coefficient (Wildman–Crippen LogP) is 3.72. The molecule has 0 bridgehead atoms. The first kappa shape index (κ1) is 30.2. The summed E-state index contributed by atoms with van der Waals surface area (Å²) in [5.41, 5.74) is 1.48. The van der Waals surface area contributed by atoms with Crippen molar-refractivity contribution in [2.24, 2.45) is 5.92 Å². The molecular formula is C28H40N4O6S. The van der Waals surface area contributed by atoms with Crippen LogP contribution in [-0.4, -0.2) is 82.2 Å². The Morgan fingerprint density at radius 2 is 1.77 bits per heavy atom. The Hall–Kier alpha value is -3.31. The lowest BCUT2D eigenvalue weighted by Gasteiger charge is -2.36. The minimum Gasteiger partial charge on any atom is -0.491 e. The van der Waals surface area contributed by atoms with Gasteiger partial charge in [0.15, 0.2) is 0 Å². The number of amides is 3. The third-order valence-corrected chi connectivity index (χ3v) is 8.10. The van der Waals surface area contributed by atoms with Gasteiger partial charge in [0, 0.05) is 45.3 Å². The zero-order chi connectivity index (χ0) is 28.9. The fourth-order valence-corrected chi connectivity index (χ4v) is 5.43. The summed E-state index contributed by atoms with van der Waals surface area (Å²) >= 11 is 0. The molecule has 1 aliphatic rings. The number of nitrogens with zero attached hydrogens (tertiary/aromatic N) is 2. The van der Waals surface area contributed by atoms with Gasteiger partial charge in [0.2, 0.25) is 0 Å². The van der Waals surface area contributed by atoms with Crippen LogP contribution in [0.2, 0.25) is 0 Å². The molecule has 0 unspecified atom stereocenters. The van der Waals surface area contributed by atoms with Crippen LogP contribution in [-0.2, 0) is 14.8 Å². The zero-order valence-corrected chi connectivity index (χ0v) is 24.5. The van der Waals surface area contributed by atoms with Gasteiger partial charge < -0.3 is 24.6 Å². The number of carbonyl (C=O) groups excluding carboxylic acids is 2. The van der Waals surface area contributed by atoms with Crippen molar-refractivity contribution in [2.45, 2.75) is 57.7 Å². The molecule has 10 nitrogen and oxygen atoms in total. The van der Waals surface area contributed by atoms with Crippen molar-refractivity contribution in [1.29, 1.82) is 0 Å². The van der Waals surface area contributed by atoms with E-state index in [9.17, 15) is 18.0 Å². The summed E-state index contributed by atoms with van der Waals surface area (Å²) in [5, 5.41) is 2.95. The molecule has 3 rings (SSSR count). The topological polar surface area (TPSA) is 117 Å². The number of urea groups is 1. The highest BCUT2D eigenvalue weighted by atomic mass is 32.2. The number of benzene rings is 2. The van der Waals surface area contributed by atoms with Gasteiger partial charge in [-0.3, -0.25) is 9.52 Å². The maximum Gasteiger partial charge on any atom is 0.317 e. The van der Waals surface area contributed by atoms with Gasteiger partial charge in [-0.1, -0.05) is 24.6 Å². The van der Waals surface area contributed by atoms with E-state index in [1.54, 1.807) is 42.2 Å². The van der Waals surface area contributed by atoms with Gasteiger partial charge in [-0.2, -0.15) is 0 Å². The number of methoxy groups -OCH3 is 1. The first-order valence-electron chi connectivity index (χ1n) is 13.0. The molecule has 0 saturated heterocycles. The van der Waals surface area contributed by atoms with Crippen LogP contribution in [0, 0.1) is 12.8 Å². The van der Waals surface area contributed by atoms with Gasteiger partial charge in [-0.25, -0.2) is 13.2 Å². The summed E-state index contributed by atoms with van der Waals surface area (Å²) < 4.78 is 40.3. The normalized spacial score (nSPS) is 20.9. The molecule has 2 aromatic carbocycles. The summed E-state index contributed by atoms with van der Waals surface area (Å²) in [6.07, 6.45) is -0.315. The second kappa shape index (κ2) is 12.7. The number of carbonyl (C=O) groups is 2. The van der Waals surface area contributed by atoms with Crippen LogP contribution in [0.1, 0.15) is 43.6 Å². The Labute approximate surface area is 231 Å². The molecule has 1 aliphatic heterocycles. The lowest BCUT2D eigenvalue weighted by atomic mass is 10.0. The molecule has 3 amide bonds. The molecule has 0 spiro atoms. The van der Waals surface area contributed by atoms with Crippen molar-refractivity contribution in [1.82, 2.24) is 15.1 Å². The van der Waals surface area contributed by atoms with E-state index in [1.807, 2.05) is 34.6 Å². The third-order valence-electron chi connectivity index (χ3n) is 6.70. The van der Waals surface area contributed by atoms with Gasteiger partial charge in [-0.15, -0.1) is 0 Å². The van der Waals surface area contributed by atoms with Crippen molar-refractivity contribution < 1.29 is 27.5 Å². The van der Waals surface area contributed by atoms with Gasteiger partial charge >= 0.3 is 6.03 Å². The minimum atomic E-state index is -3.86. The summed E-state index contributed by atoms with van der Waals surface area (Å²) in [7, 11) is -0.588. The summed E-state index contributed by atoms with van der Waals surface area (Å²) in [6.45, 7) is 10.3. The number of fused-ring (bicyclic) bond motifs is 1. The van der Waals surface area contributed by atoms with Crippen LogP contribution in [0.4, 0.5) is 10.5 Å². The Balaban J connectivity index is 1.97. The van der Waals surface area contributed by atoms with Crippen molar-refractivity contribution in [3.63, 3.8) is 0 Å². The average molecular weight is 561 g/mol. The number of anilines is 1. The maximum absolute atomic E-state index is 13.4. The Bertz CT molecular complexity index is 1270. The van der Waals surface area contributed by atoms with Gasteiger partial charge in [0.05, 0.1) is 28.3 Å². The van der Waals surface area contributed by atoms with Gasteiger partial charge in [-0.05, 0) is 52.0 Å². The summed E-state index contributed by atoms with van der Waals surface area (Å²) in [5.74, 6) is -0.132. The van der Waals surface area contributed by atoms with Crippen LogP contribution in [0.5, 0.6) is 5.75 Å². The minimum absolute atomic E-state index is 0.0471. The maximum atomic E-state index is 13.4. The number of aryl methyl sites for hydroxylation is 1. The molecule has 0 aliphatic carbocycles. The van der Waals surface area contributed by atoms with Crippen LogP contribution >= 0.6 is 0 Å². The summed E-state index contributed by atoms with van der Waals surface area (Å²) in [6, 6.07) is 10.5. The molecule has 2 aromatic rings. The highest BCUT2D eigenvalue weighted by Crippen LogP contribution is 2.28. The van der Waals surface area contributed by atoms with E-state index in [-0.39, 0.29) is 64.5 Å². The Morgan fingerprint density at radius 3 is 2.38 bits per heavy atom. The molecule has 39 heavy (non-hydrogen) atoms. The van der Waals surface area contributed by atoms with Crippen LogP contribution in [0.15, 0.2) is 47.4 Å². The molecule has 0 aromatic heterocycles. The smallest absolute Gasteiger partial charge is 0.317 e. The number of rotatable bonds is 5. The number of hydrogen-bond donors (Lipinski definition) is 2. The number of likely N-dealkylation sites (N-methyl/N-ethyl adjacent to an activating group) is 1. The SMILES string of the molecule is CO[C@H]1CN(C)C(=O)c2ccc(NS(=O)(=O)c3ccc(C)cc3)cc2OC[C@H](C)N(C(=O)NC(C)C)C[C@H]1C. The molecule has 2 N–H and O–H groups in total. The molecule has 3 atom stereocenters. The van der Waals surface area contributed by atoms with E-state index < -0.39 is 10.0 Å². The highest BCUT2D eigenvalue weighted by Gasteiger charge is 2.30. The molecule has 0 fully saturated rings. The molecule has 214 valence electrons. The quantitative estimate of drug-likeness (QED) is 0.576. The first-order valence-corrected chi connectivity index (χ1v) is 14.5. The number of sulfonamides is 1. The largest absolute Gasteiger partial charge is 0.491 e. The monoisotopic (exact) mass is 560 g/mol. The molecule has 0 radical (unpaired) electrons. The standard InChI is InChI=1S/C28H40N4O6S/c1-18(2)29-28(34)32-15-20(4)26(37-7)16-31(6)27(33)24-13-10-22(14-25(24)38-17-21(32)5)30-39(35,36)23-11-8-19(3)9-12-23/h8-14,18,20-21,26,30H,15-17H2,1-7H3,(H,29,34)/t20-,21+,26+/m1/s1. The third kappa shape index (κ3) is 7.63. The summed E-state index contributed by atoms with van der Waals surface area (Å²) in [4.78, 5) is 29.9. The number of ether oxygens (including phenoxy) is 2. The van der Waals surface area contributed by atoms with Crippen LogP contribution in [0.25, 0.3) is 0 Å². The predicted molar refractivity (Wildman–Crippen MR) is 151 cm³/mol.